The molecule has 2 aromatic carbocycles. The number of nitrogens with zero attached hydrogens (tertiary/aromatic N) is 1. The number of anilines is 4. The summed E-state index contributed by atoms with van der Waals surface area (Å²) in [7, 11) is 0. The Hall–Kier alpha value is -3.65. The minimum atomic E-state index is -0.980. The van der Waals surface area contributed by atoms with Gasteiger partial charge in [-0.3, -0.25) is 19.4 Å². The van der Waals surface area contributed by atoms with Crippen LogP contribution < -0.4 is 21.5 Å². The smallest absolute Gasteiger partial charge is 0.258 e. The van der Waals surface area contributed by atoms with Crippen molar-refractivity contribution in [1.29, 1.82) is 0 Å². The number of aromatic nitrogens is 2. The molecule has 0 saturated carbocycles. The number of halogens is 1. The van der Waals surface area contributed by atoms with Crippen LogP contribution in [-0.4, -0.2) is 21.8 Å². The van der Waals surface area contributed by atoms with Crippen molar-refractivity contribution >= 4 is 46.6 Å². The maximum atomic E-state index is 13.0. The quantitative estimate of drug-likeness (QED) is 0.494. The van der Waals surface area contributed by atoms with E-state index in [1.165, 1.54) is 0 Å². The summed E-state index contributed by atoms with van der Waals surface area (Å²) < 4.78 is 0. The second-order valence-corrected chi connectivity index (χ2v) is 7.86. The maximum absolute atomic E-state index is 13.0. The van der Waals surface area contributed by atoms with Crippen LogP contribution in [0.1, 0.15) is 29.0 Å². The number of aryl methyl sites for hydroxylation is 2. The van der Waals surface area contributed by atoms with E-state index in [4.69, 9.17) is 11.6 Å². The Labute approximate surface area is 183 Å². The van der Waals surface area contributed by atoms with Crippen LogP contribution >= 0.6 is 11.6 Å². The molecule has 0 saturated heterocycles. The van der Waals surface area contributed by atoms with Crippen molar-refractivity contribution in [2.24, 2.45) is 0 Å². The highest BCUT2D eigenvalue weighted by atomic mass is 35.5. The summed E-state index contributed by atoms with van der Waals surface area (Å²) in [4.78, 5) is 45.0. The molecule has 9 heteroatoms. The molecule has 2 heterocycles. The predicted octanol–water partition coefficient (Wildman–Crippen LogP) is 3.85. The van der Waals surface area contributed by atoms with E-state index in [2.05, 4.69) is 25.9 Å². The number of benzene rings is 2. The van der Waals surface area contributed by atoms with E-state index >= 15 is 0 Å². The molecule has 0 bridgehead atoms. The van der Waals surface area contributed by atoms with Crippen molar-refractivity contribution in [2.75, 3.05) is 16.0 Å². The maximum Gasteiger partial charge on any atom is 0.258 e. The van der Waals surface area contributed by atoms with Crippen molar-refractivity contribution in [1.82, 2.24) is 9.97 Å². The Morgan fingerprint density at radius 3 is 2.61 bits per heavy atom. The van der Waals surface area contributed by atoms with Gasteiger partial charge in [-0.15, -0.1) is 0 Å². The minimum absolute atomic E-state index is 0.0672. The molecule has 1 atom stereocenters. The molecule has 0 aliphatic carbocycles. The third-order valence-electron chi connectivity index (χ3n) is 5.04. The third kappa shape index (κ3) is 4.44. The molecule has 1 aliphatic rings. The van der Waals surface area contributed by atoms with E-state index in [-0.39, 0.29) is 23.8 Å². The van der Waals surface area contributed by atoms with Gasteiger partial charge in [-0.2, -0.15) is 4.98 Å². The lowest BCUT2D eigenvalue weighted by molar-refractivity contribution is -0.123. The molecule has 0 fully saturated rings. The van der Waals surface area contributed by atoms with Gasteiger partial charge in [0.25, 0.3) is 5.56 Å². The second kappa shape index (κ2) is 8.23. The standard InChI is InChI=1S/C22H20ClN5O3/c1-11-3-7-14(8-4-11)24-22-27-19-18(21(31)28-22)15(10-17(29)26-19)20(30)25-16-9-13(23)6-5-12(16)2/h3-9,15H,10H2,1-2H3,(H,25,30)(H3,24,26,27,28,29,31)/t15-/m1/s1. The average Bonchev–Trinajstić information content (AvgIpc) is 2.71. The highest BCUT2D eigenvalue weighted by molar-refractivity contribution is 6.31. The lowest BCUT2D eigenvalue weighted by Gasteiger charge is -2.24. The monoisotopic (exact) mass is 437 g/mol. The summed E-state index contributed by atoms with van der Waals surface area (Å²) in [5.74, 6) is -1.62. The Bertz CT molecular complexity index is 1240. The predicted molar refractivity (Wildman–Crippen MR) is 120 cm³/mol. The zero-order chi connectivity index (χ0) is 22.1. The van der Waals surface area contributed by atoms with Gasteiger partial charge in [-0.1, -0.05) is 35.4 Å². The first kappa shape index (κ1) is 20.6. The first-order valence-electron chi connectivity index (χ1n) is 9.65. The van der Waals surface area contributed by atoms with Crippen molar-refractivity contribution in [2.45, 2.75) is 26.2 Å². The van der Waals surface area contributed by atoms with Gasteiger partial charge in [-0.05, 0) is 43.7 Å². The Morgan fingerprint density at radius 2 is 1.87 bits per heavy atom. The Balaban J connectivity index is 1.65. The van der Waals surface area contributed by atoms with Gasteiger partial charge < -0.3 is 16.0 Å². The largest absolute Gasteiger partial charge is 0.326 e. The third-order valence-corrected chi connectivity index (χ3v) is 5.27. The Morgan fingerprint density at radius 1 is 1.13 bits per heavy atom. The highest BCUT2D eigenvalue weighted by Crippen LogP contribution is 2.31. The van der Waals surface area contributed by atoms with Crippen molar-refractivity contribution in [3.63, 3.8) is 0 Å². The first-order chi connectivity index (χ1) is 14.8. The normalized spacial score (nSPS) is 15.1. The SMILES string of the molecule is Cc1ccc(Nc2nc3c(c(=O)[nH]2)[C@H](C(=O)Nc2cc(Cl)ccc2C)CC(=O)N3)cc1. The minimum Gasteiger partial charge on any atom is -0.326 e. The van der Waals surface area contributed by atoms with Crippen LogP contribution in [0.3, 0.4) is 0 Å². The van der Waals surface area contributed by atoms with Crippen LogP contribution in [0.2, 0.25) is 5.02 Å². The molecule has 4 N–H and O–H groups in total. The molecule has 31 heavy (non-hydrogen) atoms. The van der Waals surface area contributed by atoms with Crippen LogP contribution in [0.5, 0.6) is 0 Å². The topological polar surface area (TPSA) is 116 Å². The van der Waals surface area contributed by atoms with E-state index in [1.54, 1.807) is 18.2 Å². The highest BCUT2D eigenvalue weighted by Gasteiger charge is 2.35. The number of H-pyrrole nitrogens is 1. The number of nitrogens with one attached hydrogen (secondary N) is 4. The van der Waals surface area contributed by atoms with Gasteiger partial charge in [-0.25, -0.2) is 0 Å². The molecule has 2 amide bonds. The fourth-order valence-electron chi connectivity index (χ4n) is 3.38. The number of carbonyl (C=O) groups is 2. The van der Waals surface area contributed by atoms with E-state index in [0.29, 0.717) is 10.7 Å². The van der Waals surface area contributed by atoms with Crippen molar-refractivity contribution in [3.8, 4) is 0 Å². The summed E-state index contributed by atoms with van der Waals surface area (Å²) in [6.45, 7) is 3.79. The summed E-state index contributed by atoms with van der Waals surface area (Å²) in [6, 6.07) is 12.6. The number of aromatic amines is 1. The number of fused-ring (bicyclic) bond motifs is 1. The van der Waals surface area contributed by atoms with Gasteiger partial charge in [0.2, 0.25) is 17.8 Å². The molecule has 1 aliphatic heterocycles. The summed E-state index contributed by atoms with van der Waals surface area (Å²) in [5, 5.41) is 8.83. The fraction of sp³-hybridized carbons (Fsp3) is 0.182. The van der Waals surface area contributed by atoms with Crippen LogP contribution in [0, 0.1) is 13.8 Å². The van der Waals surface area contributed by atoms with E-state index in [0.717, 1.165) is 16.8 Å². The number of rotatable bonds is 4. The molecule has 0 radical (unpaired) electrons. The zero-order valence-corrected chi connectivity index (χ0v) is 17.6. The number of hydrogen-bond donors (Lipinski definition) is 4. The second-order valence-electron chi connectivity index (χ2n) is 7.42. The van der Waals surface area contributed by atoms with E-state index in [1.807, 2.05) is 38.1 Å². The van der Waals surface area contributed by atoms with Gasteiger partial charge in [0, 0.05) is 22.8 Å². The zero-order valence-electron chi connectivity index (χ0n) is 16.9. The molecular formula is C22H20ClN5O3. The lowest BCUT2D eigenvalue weighted by Crippen LogP contribution is -2.36. The van der Waals surface area contributed by atoms with Gasteiger partial charge in [0.1, 0.15) is 5.82 Å². The molecule has 1 aromatic heterocycles. The summed E-state index contributed by atoms with van der Waals surface area (Å²) in [6.07, 6.45) is -0.159. The van der Waals surface area contributed by atoms with Crippen molar-refractivity contribution in [3.05, 3.63) is 74.5 Å². The molecular weight excluding hydrogens is 418 g/mol. The molecule has 8 nitrogen and oxygen atoms in total. The van der Waals surface area contributed by atoms with Crippen LogP contribution in [0.25, 0.3) is 0 Å². The summed E-state index contributed by atoms with van der Waals surface area (Å²) >= 11 is 6.02. The molecule has 0 spiro atoms. The number of amides is 2. The summed E-state index contributed by atoms with van der Waals surface area (Å²) in [5.41, 5.74) is 2.76. The number of hydrogen-bond acceptors (Lipinski definition) is 5. The number of carbonyl (C=O) groups excluding carboxylic acids is 2. The fourth-order valence-corrected chi connectivity index (χ4v) is 3.55. The van der Waals surface area contributed by atoms with Crippen molar-refractivity contribution < 1.29 is 9.59 Å². The van der Waals surface area contributed by atoms with Crippen LogP contribution in [0.4, 0.5) is 23.1 Å². The molecule has 4 rings (SSSR count). The molecule has 0 unspecified atom stereocenters. The van der Waals surface area contributed by atoms with Gasteiger partial charge >= 0.3 is 0 Å². The Kier molecular flexibility index (Phi) is 5.48. The average molecular weight is 438 g/mol. The molecule has 3 aromatic rings. The first-order valence-corrected chi connectivity index (χ1v) is 10.0. The molecule has 158 valence electrons. The van der Waals surface area contributed by atoms with Crippen LogP contribution in [0.15, 0.2) is 47.3 Å². The van der Waals surface area contributed by atoms with Gasteiger partial charge in [0.05, 0.1) is 11.5 Å². The van der Waals surface area contributed by atoms with E-state index in [9.17, 15) is 14.4 Å². The van der Waals surface area contributed by atoms with Crippen LogP contribution in [-0.2, 0) is 9.59 Å². The van der Waals surface area contributed by atoms with E-state index < -0.39 is 23.3 Å². The lowest BCUT2D eigenvalue weighted by atomic mass is 9.92. The van der Waals surface area contributed by atoms with Gasteiger partial charge in [0.15, 0.2) is 0 Å².